The standard InChI is InChI=1S/C24H26N6S2/c1-29-22(12-21(28-29)23-6-3-9-32-23)20-15-30-8-7-17(20)11-19(30)14-26-24(31)27-18-5-2-4-16(10-18)13-25/h2-6,9-10,12,17,19-20H,7-8,11,14-15H2,1H3,(H2,26,27,31)/t17-,19+,20+/m0/s1. The van der Waals surface area contributed by atoms with E-state index in [2.05, 4.69) is 56.9 Å². The van der Waals surface area contributed by atoms with Gasteiger partial charge in [-0.1, -0.05) is 12.1 Å². The summed E-state index contributed by atoms with van der Waals surface area (Å²) in [7, 11) is 2.08. The van der Waals surface area contributed by atoms with Crippen LogP contribution in [0.5, 0.6) is 0 Å². The Morgan fingerprint density at radius 2 is 2.22 bits per heavy atom. The van der Waals surface area contributed by atoms with Crippen LogP contribution in [-0.2, 0) is 7.05 Å². The highest BCUT2D eigenvalue weighted by Gasteiger charge is 2.41. The number of nitriles is 1. The van der Waals surface area contributed by atoms with E-state index in [9.17, 15) is 0 Å². The molecule has 3 aromatic rings. The third-order valence-corrected chi connectivity index (χ3v) is 7.83. The number of piperidine rings is 3. The molecule has 3 aliphatic heterocycles. The molecule has 2 aromatic heterocycles. The maximum atomic E-state index is 9.06. The van der Waals surface area contributed by atoms with E-state index in [0.29, 0.717) is 28.6 Å². The predicted molar refractivity (Wildman–Crippen MR) is 133 cm³/mol. The minimum atomic E-state index is 0.486. The molecule has 2 bridgehead atoms. The summed E-state index contributed by atoms with van der Waals surface area (Å²) >= 11 is 7.24. The van der Waals surface area contributed by atoms with Gasteiger partial charge < -0.3 is 10.6 Å². The molecule has 6 nitrogen and oxygen atoms in total. The second-order valence-electron chi connectivity index (χ2n) is 8.62. The summed E-state index contributed by atoms with van der Waals surface area (Å²) in [5.74, 6) is 1.21. The minimum Gasteiger partial charge on any atom is -0.361 e. The van der Waals surface area contributed by atoms with Crippen LogP contribution >= 0.6 is 23.6 Å². The molecule has 0 spiro atoms. The van der Waals surface area contributed by atoms with Crippen LogP contribution in [0.4, 0.5) is 5.69 Å². The number of hydrogen-bond donors (Lipinski definition) is 2. The molecule has 6 rings (SSSR count). The van der Waals surface area contributed by atoms with E-state index < -0.39 is 0 Å². The summed E-state index contributed by atoms with van der Waals surface area (Å²) in [4.78, 5) is 3.84. The van der Waals surface area contributed by atoms with Gasteiger partial charge in [0.05, 0.1) is 16.5 Å². The predicted octanol–water partition coefficient (Wildman–Crippen LogP) is 4.18. The van der Waals surface area contributed by atoms with Gasteiger partial charge in [-0.05, 0) is 73.2 Å². The maximum Gasteiger partial charge on any atom is 0.170 e. The molecule has 3 fully saturated rings. The van der Waals surface area contributed by atoms with Gasteiger partial charge in [-0.3, -0.25) is 9.58 Å². The molecular weight excluding hydrogens is 436 g/mol. The lowest BCUT2D eigenvalue weighted by Crippen LogP contribution is -2.56. The van der Waals surface area contributed by atoms with E-state index in [1.165, 1.54) is 23.4 Å². The number of nitrogens with one attached hydrogen (secondary N) is 2. The van der Waals surface area contributed by atoms with Crippen molar-refractivity contribution in [3.8, 4) is 16.6 Å². The highest BCUT2D eigenvalue weighted by molar-refractivity contribution is 7.80. The van der Waals surface area contributed by atoms with Crippen LogP contribution in [0.25, 0.3) is 10.6 Å². The molecule has 3 aliphatic rings. The van der Waals surface area contributed by atoms with Gasteiger partial charge in [0.25, 0.3) is 0 Å². The fraction of sp³-hybridized carbons (Fsp3) is 0.375. The lowest BCUT2D eigenvalue weighted by atomic mass is 9.74. The average Bonchev–Trinajstić information content (AvgIpc) is 3.48. The third kappa shape index (κ3) is 4.29. The molecule has 1 unspecified atom stereocenters. The van der Waals surface area contributed by atoms with Crippen molar-refractivity contribution < 1.29 is 0 Å². The second-order valence-corrected chi connectivity index (χ2v) is 9.98. The number of anilines is 1. The van der Waals surface area contributed by atoms with Gasteiger partial charge in [-0.15, -0.1) is 11.3 Å². The van der Waals surface area contributed by atoms with Gasteiger partial charge in [0.2, 0.25) is 0 Å². The zero-order valence-corrected chi connectivity index (χ0v) is 19.6. The fourth-order valence-corrected chi connectivity index (χ4v) is 5.99. The molecule has 8 heteroatoms. The van der Waals surface area contributed by atoms with Crippen molar-refractivity contribution in [2.45, 2.75) is 24.8 Å². The van der Waals surface area contributed by atoms with E-state index in [0.717, 1.165) is 31.0 Å². The molecule has 0 radical (unpaired) electrons. The Balaban J connectivity index is 1.19. The van der Waals surface area contributed by atoms with E-state index in [1.807, 2.05) is 18.2 Å². The van der Waals surface area contributed by atoms with Crippen LogP contribution in [-0.4, -0.2) is 45.5 Å². The molecule has 164 valence electrons. The van der Waals surface area contributed by atoms with Crippen molar-refractivity contribution in [3.05, 3.63) is 59.1 Å². The fourth-order valence-electron chi connectivity index (χ4n) is 5.11. The molecule has 32 heavy (non-hydrogen) atoms. The van der Waals surface area contributed by atoms with Crippen LogP contribution in [0.3, 0.4) is 0 Å². The van der Waals surface area contributed by atoms with Crippen LogP contribution in [0.2, 0.25) is 0 Å². The smallest absolute Gasteiger partial charge is 0.170 e. The molecule has 2 N–H and O–H groups in total. The number of rotatable bonds is 5. The number of aryl methyl sites for hydroxylation is 1. The average molecular weight is 463 g/mol. The zero-order valence-electron chi connectivity index (χ0n) is 18.0. The summed E-state index contributed by atoms with van der Waals surface area (Å²) in [5.41, 5.74) is 3.90. The van der Waals surface area contributed by atoms with E-state index >= 15 is 0 Å². The highest BCUT2D eigenvalue weighted by Crippen LogP contribution is 2.42. The number of hydrogen-bond acceptors (Lipinski definition) is 5. The van der Waals surface area contributed by atoms with Crippen LogP contribution in [0.1, 0.15) is 30.0 Å². The number of nitrogens with zero attached hydrogens (tertiary/aromatic N) is 4. The van der Waals surface area contributed by atoms with E-state index in [4.69, 9.17) is 22.6 Å². The van der Waals surface area contributed by atoms with Gasteiger partial charge in [-0.25, -0.2) is 0 Å². The van der Waals surface area contributed by atoms with Gasteiger partial charge in [0.15, 0.2) is 5.11 Å². The minimum absolute atomic E-state index is 0.486. The van der Waals surface area contributed by atoms with Crippen molar-refractivity contribution in [1.82, 2.24) is 20.0 Å². The van der Waals surface area contributed by atoms with Gasteiger partial charge in [-0.2, -0.15) is 10.4 Å². The number of fused-ring (bicyclic) bond motifs is 3. The topological polar surface area (TPSA) is 68.9 Å². The lowest BCUT2D eigenvalue weighted by Gasteiger charge is -2.50. The normalized spacial score (nSPS) is 24.1. The monoisotopic (exact) mass is 462 g/mol. The molecule has 0 aliphatic carbocycles. The molecule has 0 amide bonds. The van der Waals surface area contributed by atoms with Gasteiger partial charge in [0.1, 0.15) is 5.69 Å². The number of thiophene rings is 1. The summed E-state index contributed by atoms with van der Waals surface area (Å²) in [6.45, 7) is 3.05. The van der Waals surface area contributed by atoms with Crippen LogP contribution < -0.4 is 10.6 Å². The lowest BCUT2D eigenvalue weighted by molar-refractivity contribution is 0.0303. The maximum absolute atomic E-state index is 9.06. The van der Waals surface area contributed by atoms with Crippen LogP contribution in [0.15, 0.2) is 47.8 Å². The Morgan fingerprint density at radius 1 is 1.31 bits per heavy atom. The molecule has 1 aromatic carbocycles. The first kappa shape index (κ1) is 21.1. The third-order valence-electron chi connectivity index (χ3n) is 6.70. The Bertz CT molecular complexity index is 1150. The van der Waals surface area contributed by atoms with Crippen molar-refractivity contribution in [3.63, 3.8) is 0 Å². The Kier molecular flexibility index (Phi) is 5.96. The Labute approximate surface area is 197 Å². The first-order valence-electron chi connectivity index (χ1n) is 11.0. The Morgan fingerprint density at radius 3 is 2.97 bits per heavy atom. The summed E-state index contributed by atoms with van der Waals surface area (Å²) in [5, 5.41) is 23.2. The second kappa shape index (κ2) is 9.02. The molecule has 0 saturated carbocycles. The van der Waals surface area contributed by atoms with Gasteiger partial charge >= 0.3 is 0 Å². The van der Waals surface area contributed by atoms with Crippen molar-refractivity contribution in [2.75, 3.05) is 25.0 Å². The molecular formula is C24H26N6S2. The summed E-state index contributed by atoms with van der Waals surface area (Å²) in [6.07, 6.45) is 2.41. The number of aromatic nitrogens is 2. The number of benzene rings is 1. The van der Waals surface area contributed by atoms with Crippen molar-refractivity contribution >= 4 is 34.4 Å². The van der Waals surface area contributed by atoms with Gasteiger partial charge in [0, 0.05) is 43.5 Å². The van der Waals surface area contributed by atoms with E-state index in [-0.39, 0.29) is 0 Å². The van der Waals surface area contributed by atoms with Crippen molar-refractivity contribution in [1.29, 1.82) is 5.26 Å². The Hall–Kier alpha value is -2.73. The zero-order chi connectivity index (χ0) is 22.1. The van der Waals surface area contributed by atoms with Crippen LogP contribution in [0, 0.1) is 17.2 Å². The first-order chi connectivity index (χ1) is 15.6. The van der Waals surface area contributed by atoms with Crippen molar-refractivity contribution in [2.24, 2.45) is 13.0 Å². The number of thiocarbonyl (C=S) groups is 1. The molecule has 5 heterocycles. The van der Waals surface area contributed by atoms with E-state index in [1.54, 1.807) is 17.4 Å². The molecule has 4 atom stereocenters. The summed E-state index contributed by atoms with van der Waals surface area (Å²) in [6, 6.07) is 16.5. The molecule has 3 saturated heterocycles. The quantitative estimate of drug-likeness (QED) is 0.555. The first-order valence-corrected chi connectivity index (χ1v) is 12.3. The highest BCUT2D eigenvalue weighted by atomic mass is 32.1. The summed E-state index contributed by atoms with van der Waals surface area (Å²) < 4.78 is 2.09. The SMILES string of the molecule is Cn1nc(-c2cccs2)cc1[C@@H]1CN2CC[C@H]1C[C@@H]2CNC(=S)Nc1cccc(C#N)c1. The largest absolute Gasteiger partial charge is 0.361 e.